The molecule has 0 fully saturated rings. The molecule has 0 saturated heterocycles. The van der Waals surface area contributed by atoms with E-state index in [0.29, 0.717) is 40.3 Å². The fraction of sp³-hybridized carbons (Fsp3) is 0.276. The molecule has 0 aliphatic carbocycles. The lowest BCUT2D eigenvalue weighted by Gasteiger charge is -2.19. The van der Waals surface area contributed by atoms with E-state index in [1.54, 1.807) is 42.5 Å². The molecule has 8 nitrogen and oxygen atoms in total. The van der Waals surface area contributed by atoms with E-state index in [1.807, 2.05) is 43.3 Å². The van der Waals surface area contributed by atoms with Crippen LogP contribution in [0.3, 0.4) is 0 Å². The third-order valence-corrected chi connectivity index (χ3v) is 7.85. The van der Waals surface area contributed by atoms with Crippen molar-refractivity contribution in [3.8, 4) is 17.0 Å². The lowest BCUT2D eigenvalue weighted by Crippen LogP contribution is -2.33. The zero-order valence-electron chi connectivity index (χ0n) is 22.6. The molecule has 206 valence electrons. The average molecular weight is 569 g/mol. The summed E-state index contributed by atoms with van der Waals surface area (Å²) in [5.74, 6) is 0.243. The molecular weight excluding hydrogens is 536 g/mol. The SMILES string of the molecule is CN(C)CCNC(=O)Oc1[nH]c2ccc(NS(=O)(=O)c3ccc(C(C)(C)C)cc3)cc2c1-c1ccc(Cl)cc1. The van der Waals surface area contributed by atoms with Gasteiger partial charge in [0.2, 0.25) is 5.88 Å². The molecule has 0 spiro atoms. The second-order valence-corrected chi connectivity index (χ2v) is 12.7. The molecule has 0 saturated carbocycles. The lowest BCUT2D eigenvalue weighted by molar-refractivity contribution is 0.198. The van der Waals surface area contributed by atoms with Crippen molar-refractivity contribution in [2.45, 2.75) is 31.1 Å². The zero-order chi connectivity index (χ0) is 28.4. The van der Waals surface area contributed by atoms with Gasteiger partial charge in [-0.25, -0.2) is 13.2 Å². The minimum atomic E-state index is -3.83. The number of benzene rings is 3. The van der Waals surface area contributed by atoms with Crippen LogP contribution in [0.1, 0.15) is 26.3 Å². The number of sulfonamides is 1. The van der Waals surface area contributed by atoms with Gasteiger partial charge in [0.05, 0.1) is 10.5 Å². The van der Waals surface area contributed by atoms with Gasteiger partial charge in [-0.15, -0.1) is 0 Å². The Kier molecular flexibility index (Phi) is 8.25. The Morgan fingerprint density at radius 1 is 1.00 bits per heavy atom. The summed E-state index contributed by atoms with van der Waals surface area (Å²) >= 11 is 6.10. The van der Waals surface area contributed by atoms with Gasteiger partial charge < -0.3 is 19.9 Å². The van der Waals surface area contributed by atoms with E-state index in [9.17, 15) is 13.2 Å². The van der Waals surface area contributed by atoms with E-state index in [2.05, 4.69) is 35.8 Å². The number of hydrogen-bond donors (Lipinski definition) is 3. The Balaban J connectivity index is 1.68. The predicted octanol–water partition coefficient (Wildman–Crippen LogP) is 6.24. The first kappa shape index (κ1) is 28.5. The maximum absolute atomic E-state index is 13.2. The fourth-order valence-corrected chi connectivity index (χ4v) is 5.24. The third-order valence-electron chi connectivity index (χ3n) is 6.20. The topological polar surface area (TPSA) is 104 Å². The number of aromatic amines is 1. The van der Waals surface area contributed by atoms with Gasteiger partial charge in [-0.1, -0.05) is 56.6 Å². The number of aromatic nitrogens is 1. The van der Waals surface area contributed by atoms with Crippen LogP contribution in [0, 0.1) is 0 Å². The fourth-order valence-electron chi connectivity index (χ4n) is 4.07. The Bertz CT molecular complexity index is 1570. The van der Waals surface area contributed by atoms with Crippen molar-refractivity contribution in [1.82, 2.24) is 15.2 Å². The smallest absolute Gasteiger partial charge is 0.393 e. The number of likely N-dealkylation sites (N-methyl/N-ethyl adjacent to an activating group) is 1. The van der Waals surface area contributed by atoms with Crippen LogP contribution in [0.25, 0.3) is 22.0 Å². The summed E-state index contributed by atoms with van der Waals surface area (Å²) in [5.41, 5.74) is 3.36. The minimum absolute atomic E-state index is 0.0872. The number of nitrogens with zero attached hydrogens (tertiary/aromatic N) is 1. The van der Waals surface area contributed by atoms with E-state index < -0.39 is 16.1 Å². The Hall–Kier alpha value is -3.53. The van der Waals surface area contributed by atoms with Crippen LogP contribution in [0.2, 0.25) is 5.02 Å². The van der Waals surface area contributed by atoms with Crippen molar-refractivity contribution >= 4 is 44.3 Å². The van der Waals surface area contributed by atoms with Crippen molar-refractivity contribution < 1.29 is 17.9 Å². The molecule has 3 aromatic carbocycles. The van der Waals surface area contributed by atoms with Crippen LogP contribution in [-0.2, 0) is 15.4 Å². The van der Waals surface area contributed by atoms with Gasteiger partial charge in [0.15, 0.2) is 0 Å². The summed E-state index contributed by atoms with van der Waals surface area (Å²) in [5, 5.41) is 3.97. The second-order valence-electron chi connectivity index (χ2n) is 10.6. The van der Waals surface area contributed by atoms with Crippen LogP contribution >= 0.6 is 11.6 Å². The molecule has 10 heteroatoms. The highest BCUT2D eigenvalue weighted by Crippen LogP contribution is 2.39. The first-order valence-corrected chi connectivity index (χ1v) is 14.3. The van der Waals surface area contributed by atoms with Crippen molar-refractivity contribution in [2.75, 3.05) is 31.9 Å². The number of nitrogens with one attached hydrogen (secondary N) is 3. The zero-order valence-corrected chi connectivity index (χ0v) is 24.2. The first-order chi connectivity index (χ1) is 18.3. The third kappa shape index (κ3) is 6.92. The van der Waals surface area contributed by atoms with Gasteiger partial charge in [-0.05, 0) is 73.1 Å². The van der Waals surface area contributed by atoms with E-state index in [1.165, 1.54) is 0 Å². The summed E-state index contributed by atoms with van der Waals surface area (Å²) in [6, 6.07) is 19.1. The molecule has 0 unspecified atom stereocenters. The van der Waals surface area contributed by atoms with Crippen LogP contribution in [0.5, 0.6) is 5.88 Å². The number of ether oxygens (including phenoxy) is 1. The molecule has 0 radical (unpaired) electrons. The number of rotatable bonds is 8. The van der Waals surface area contributed by atoms with Gasteiger partial charge in [-0.3, -0.25) is 4.72 Å². The van der Waals surface area contributed by atoms with Crippen molar-refractivity contribution in [2.24, 2.45) is 0 Å². The minimum Gasteiger partial charge on any atom is -0.393 e. The number of carbonyl (C=O) groups is 1. The van der Waals surface area contributed by atoms with Gasteiger partial charge in [0, 0.05) is 34.7 Å². The van der Waals surface area contributed by atoms with E-state index in [-0.39, 0.29) is 16.2 Å². The highest BCUT2D eigenvalue weighted by Gasteiger charge is 2.21. The predicted molar refractivity (Wildman–Crippen MR) is 157 cm³/mol. The highest BCUT2D eigenvalue weighted by molar-refractivity contribution is 7.92. The van der Waals surface area contributed by atoms with Crippen molar-refractivity contribution in [3.05, 3.63) is 77.3 Å². The number of hydrogen-bond acceptors (Lipinski definition) is 5. The van der Waals surface area contributed by atoms with Crippen molar-refractivity contribution in [1.29, 1.82) is 0 Å². The van der Waals surface area contributed by atoms with Crippen LogP contribution in [-0.4, -0.2) is 51.6 Å². The molecule has 39 heavy (non-hydrogen) atoms. The summed E-state index contributed by atoms with van der Waals surface area (Å²) in [4.78, 5) is 17.8. The molecule has 0 aliphatic heterocycles. The van der Waals surface area contributed by atoms with Gasteiger partial charge in [-0.2, -0.15) is 0 Å². The van der Waals surface area contributed by atoms with Crippen LogP contribution < -0.4 is 14.8 Å². The molecule has 4 rings (SSSR count). The van der Waals surface area contributed by atoms with E-state index >= 15 is 0 Å². The van der Waals surface area contributed by atoms with Crippen molar-refractivity contribution in [3.63, 3.8) is 0 Å². The van der Waals surface area contributed by atoms with Gasteiger partial charge in [0.1, 0.15) is 0 Å². The molecular formula is C29H33ClN4O4S. The van der Waals surface area contributed by atoms with E-state index in [0.717, 1.165) is 11.1 Å². The molecule has 3 N–H and O–H groups in total. The molecule has 1 aromatic heterocycles. The Labute approximate surface area is 234 Å². The largest absolute Gasteiger partial charge is 0.413 e. The summed E-state index contributed by atoms with van der Waals surface area (Å²) < 4.78 is 34.7. The summed E-state index contributed by atoms with van der Waals surface area (Å²) in [6.45, 7) is 7.30. The molecule has 0 aliphatic rings. The summed E-state index contributed by atoms with van der Waals surface area (Å²) in [6.07, 6.45) is -0.599. The highest BCUT2D eigenvalue weighted by atomic mass is 35.5. The number of amides is 1. The molecule has 1 amide bonds. The maximum atomic E-state index is 13.2. The normalized spacial score (nSPS) is 12.1. The lowest BCUT2D eigenvalue weighted by atomic mass is 9.87. The number of fused-ring (bicyclic) bond motifs is 1. The second kappa shape index (κ2) is 11.3. The maximum Gasteiger partial charge on any atom is 0.413 e. The monoisotopic (exact) mass is 568 g/mol. The number of carbonyl (C=O) groups excluding carboxylic acids is 1. The van der Waals surface area contributed by atoms with Crippen LogP contribution in [0.4, 0.5) is 10.5 Å². The molecule has 0 bridgehead atoms. The van der Waals surface area contributed by atoms with Crippen LogP contribution in [0.15, 0.2) is 71.6 Å². The number of anilines is 1. The molecule has 1 heterocycles. The van der Waals surface area contributed by atoms with E-state index in [4.69, 9.17) is 16.3 Å². The Morgan fingerprint density at radius 3 is 2.28 bits per heavy atom. The molecule has 0 atom stereocenters. The number of halogens is 1. The Morgan fingerprint density at radius 2 is 1.67 bits per heavy atom. The van der Waals surface area contributed by atoms with Gasteiger partial charge >= 0.3 is 6.09 Å². The number of H-pyrrole nitrogens is 1. The quantitative estimate of drug-likeness (QED) is 0.233. The van der Waals surface area contributed by atoms with Gasteiger partial charge in [0.25, 0.3) is 10.0 Å². The first-order valence-electron chi connectivity index (χ1n) is 12.5. The average Bonchev–Trinajstić information content (AvgIpc) is 3.20. The molecule has 4 aromatic rings. The standard InChI is InChI=1S/C29H33ClN4O4S/c1-29(2,3)20-8-13-23(14-9-20)39(36,37)33-22-12-15-25-24(18-22)26(19-6-10-21(30)11-7-19)27(32-25)38-28(35)31-16-17-34(4)5/h6-15,18,32-33H,16-17H2,1-5H3,(H,31,35). The summed E-state index contributed by atoms with van der Waals surface area (Å²) in [7, 11) is -0.00830.